The van der Waals surface area contributed by atoms with Crippen LogP contribution in [0.4, 0.5) is 34.1 Å². The Morgan fingerprint density at radius 1 is 0.267 bits per heavy atom. The fourth-order valence-electron chi connectivity index (χ4n) is 17.9. The fourth-order valence-corrected chi connectivity index (χ4v) is 17.9. The van der Waals surface area contributed by atoms with Crippen molar-refractivity contribution in [3.8, 4) is 94.7 Å². The standard InChI is InChI=1S/C97H62BN3/c1-6-29-63(30-7-1)68-55-58-89-86(59-68)98-85-57-56-70(99-87-53-24-19-42-79(87)80-43-20-25-54-88(80)99)62-90(85)101(96-74(66-35-12-4-13-36-66)47-28-48-75(96)67-37-14-5-15-38-67)92-61-69(60-91(94(92)98)100(89)95-72(64-31-8-2-9-32-64)45-27-46-73(95)65-33-10-3-11-34-65)71-44-26-49-81-78-41-18-23-52-84(78)97(93(71)81)82-50-21-16-39-76(82)77-40-17-22-51-83(77)97/h1-62H/i1D,6D,7D,29D,30D. The molecule has 0 atom stereocenters. The minimum absolute atomic E-state index is 0.142. The quantitative estimate of drug-likeness (QED) is 0.133. The summed E-state index contributed by atoms with van der Waals surface area (Å²) >= 11 is 0. The molecule has 21 rings (SSSR count). The molecule has 4 heteroatoms. The topological polar surface area (TPSA) is 11.4 Å². The predicted octanol–water partition coefficient (Wildman–Crippen LogP) is 23.2. The molecule has 1 aromatic heterocycles. The third-order valence-electron chi connectivity index (χ3n) is 21.9. The second-order valence-corrected chi connectivity index (χ2v) is 26.9. The number of fused-ring (bicyclic) bond motifs is 17. The predicted molar refractivity (Wildman–Crippen MR) is 424 cm³/mol. The van der Waals surface area contributed by atoms with Crippen molar-refractivity contribution in [3.05, 3.63) is 398 Å². The van der Waals surface area contributed by atoms with Crippen LogP contribution in [0.2, 0.25) is 0 Å². The van der Waals surface area contributed by atoms with Crippen molar-refractivity contribution in [1.29, 1.82) is 0 Å². The van der Waals surface area contributed by atoms with Gasteiger partial charge in [0.15, 0.2) is 0 Å². The molecule has 0 amide bonds. The van der Waals surface area contributed by atoms with Crippen molar-refractivity contribution in [2.24, 2.45) is 0 Å². The molecular formula is C97H62BN3. The first-order valence-electron chi connectivity index (χ1n) is 37.3. The lowest BCUT2D eigenvalue weighted by atomic mass is 9.33. The Kier molecular flexibility index (Phi) is 11.6. The second-order valence-electron chi connectivity index (χ2n) is 26.9. The molecular weight excluding hydrogens is 1220 g/mol. The minimum Gasteiger partial charge on any atom is -0.310 e. The van der Waals surface area contributed by atoms with E-state index < -0.39 is 18.2 Å². The Balaban J connectivity index is 0.970. The van der Waals surface area contributed by atoms with Crippen molar-refractivity contribution in [2.45, 2.75) is 5.41 Å². The summed E-state index contributed by atoms with van der Waals surface area (Å²) < 4.78 is 48.9. The van der Waals surface area contributed by atoms with Crippen LogP contribution < -0.4 is 26.2 Å². The van der Waals surface area contributed by atoms with Gasteiger partial charge >= 0.3 is 0 Å². The highest BCUT2D eigenvalue weighted by Gasteiger charge is 2.53. The number of hydrogen-bond donors (Lipinski definition) is 0. The third kappa shape index (κ3) is 8.37. The maximum Gasteiger partial charge on any atom is 0.252 e. The van der Waals surface area contributed by atoms with Crippen molar-refractivity contribution in [3.63, 3.8) is 0 Å². The lowest BCUT2D eigenvalue weighted by molar-refractivity contribution is 0.796. The minimum atomic E-state index is -0.720. The van der Waals surface area contributed by atoms with E-state index in [1.165, 1.54) is 44.5 Å². The average Bonchev–Trinajstić information content (AvgIpc) is 1.37. The van der Waals surface area contributed by atoms with Crippen LogP contribution in [0.3, 0.4) is 0 Å². The van der Waals surface area contributed by atoms with E-state index >= 15 is 0 Å². The summed E-state index contributed by atoms with van der Waals surface area (Å²) in [4.78, 5) is 5.13. The Bertz CT molecular complexity index is 6290. The van der Waals surface area contributed by atoms with E-state index in [-0.39, 0.29) is 29.7 Å². The van der Waals surface area contributed by atoms with Gasteiger partial charge in [-0.05, 0) is 148 Å². The van der Waals surface area contributed by atoms with Crippen LogP contribution in [-0.4, -0.2) is 11.3 Å². The Hall–Kier alpha value is -13.0. The molecule has 2 aliphatic heterocycles. The Labute approximate surface area is 595 Å². The van der Waals surface area contributed by atoms with E-state index in [1.54, 1.807) is 0 Å². The van der Waals surface area contributed by atoms with E-state index in [1.807, 2.05) is 6.07 Å². The summed E-state index contributed by atoms with van der Waals surface area (Å²) in [6, 6.07) is 125. The van der Waals surface area contributed by atoms with Crippen molar-refractivity contribution < 1.29 is 6.85 Å². The molecule has 0 saturated carbocycles. The van der Waals surface area contributed by atoms with E-state index in [9.17, 15) is 2.74 Å². The highest BCUT2D eigenvalue weighted by molar-refractivity contribution is 7.00. The molecule has 0 bridgehead atoms. The maximum atomic E-state index is 9.67. The summed E-state index contributed by atoms with van der Waals surface area (Å²) in [6.07, 6.45) is 0. The monoisotopic (exact) mass is 1280 g/mol. The van der Waals surface area contributed by atoms with Crippen LogP contribution in [0.5, 0.6) is 0 Å². The van der Waals surface area contributed by atoms with E-state index in [4.69, 9.17) is 4.11 Å². The van der Waals surface area contributed by atoms with Gasteiger partial charge in [0.2, 0.25) is 0 Å². The number of nitrogens with zero attached hydrogens (tertiary/aromatic N) is 3. The first kappa shape index (κ1) is 52.2. The molecule has 0 unspecified atom stereocenters. The summed E-state index contributed by atoms with van der Waals surface area (Å²) in [5, 5.41) is 2.31. The van der Waals surface area contributed by atoms with Gasteiger partial charge in [-0.25, -0.2) is 0 Å². The average molecular weight is 1290 g/mol. The highest BCUT2D eigenvalue weighted by atomic mass is 15.2. The number of benzene rings is 16. The van der Waals surface area contributed by atoms with Gasteiger partial charge in [0, 0.05) is 61.5 Å². The highest BCUT2D eigenvalue weighted by Crippen LogP contribution is 2.65. The molecule has 0 saturated heterocycles. The fraction of sp³-hybridized carbons (Fsp3) is 0.0103. The molecule has 17 aromatic rings. The van der Waals surface area contributed by atoms with Crippen molar-refractivity contribution in [2.75, 3.05) is 9.80 Å². The zero-order valence-electron chi connectivity index (χ0n) is 59.8. The number of aromatic nitrogens is 1. The van der Waals surface area contributed by atoms with Crippen LogP contribution in [0.15, 0.2) is 376 Å². The van der Waals surface area contributed by atoms with Crippen molar-refractivity contribution >= 4 is 79.0 Å². The van der Waals surface area contributed by atoms with Gasteiger partial charge < -0.3 is 14.4 Å². The van der Waals surface area contributed by atoms with E-state index in [2.05, 4.69) is 354 Å². The largest absolute Gasteiger partial charge is 0.310 e. The summed E-state index contributed by atoms with van der Waals surface area (Å²) in [5.41, 5.74) is 32.0. The molecule has 16 aromatic carbocycles. The molecule has 0 fully saturated rings. The number of para-hydroxylation sites is 4. The Morgan fingerprint density at radius 3 is 1.19 bits per heavy atom. The van der Waals surface area contributed by atoms with E-state index in [0.29, 0.717) is 5.56 Å². The SMILES string of the molecule is [2H]c1c([2H])c([2H])c(-c2ccc3c(c2)B2c4ccc(-n5c6ccccc6c6ccccc65)cc4N(c4c(-c5ccccc5)cccc4-c4ccccc4)c4cc(-c5cccc6c5C5(c7ccccc7-c7ccccc75)c5ccccc5-6)cc(c42)N3c2c(-c3ccccc3)cccc2-c2ccccc2)c([2H])c1[2H]. The van der Waals surface area contributed by atoms with Crippen LogP contribution in [0.25, 0.3) is 117 Å². The lowest BCUT2D eigenvalue weighted by Crippen LogP contribution is -2.61. The summed E-state index contributed by atoms with van der Waals surface area (Å²) in [7, 11) is 0. The van der Waals surface area contributed by atoms with E-state index in [0.717, 1.165) is 134 Å². The Morgan fingerprint density at radius 2 is 0.683 bits per heavy atom. The van der Waals surface area contributed by atoms with Gasteiger partial charge in [-0.2, -0.15) is 0 Å². The number of rotatable bonds is 9. The maximum absolute atomic E-state index is 9.67. The molecule has 3 nitrogen and oxygen atoms in total. The first-order chi connectivity index (χ1) is 52.2. The number of anilines is 6. The molecule has 468 valence electrons. The van der Waals surface area contributed by atoms with Gasteiger partial charge in [-0.1, -0.05) is 334 Å². The van der Waals surface area contributed by atoms with Gasteiger partial charge in [-0.15, -0.1) is 0 Å². The van der Waals surface area contributed by atoms with Crippen LogP contribution in [-0.2, 0) is 5.41 Å². The second kappa shape index (κ2) is 22.5. The third-order valence-corrected chi connectivity index (χ3v) is 21.9. The molecule has 0 radical (unpaired) electrons. The molecule has 2 aliphatic carbocycles. The molecule has 3 heterocycles. The zero-order valence-corrected chi connectivity index (χ0v) is 54.8. The smallest absolute Gasteiger partial charge is 0.252 e. The zero-order chi connectivity index (χ0) is 70.6. The lowest BCUT2D eigenvalue weighted by Gasteiger charge is -2.46. The van der Waals surface area contributed by atoms with Gasteiger partial charge in [0.1, 0.15) is 0 Å². The van der Waals surface area contributed by atoms with Crippen LogP contribution in [0, 0.1) is 0 Å². The molecule has 101 heavy (non-hydrogen) atoms. The first-order valence-corrected chi connectivity index (χ1v) is 34.8. The summed E-state index contributed by atoms with van der Waals surface area (Å²) in [6.45, 7) is -0.535. The van der Waals surface area contributed by atoms with Crippen LogP contribution >= 0.6 is 0 Å². The summed E-state index contributed by atoms with van der Waals surface area (Å²) in [5.74, 6) is 0. The normalized spacial score (nSPS) is 13.9. The van der Waals surface area contributed by atoms with Crippen LogP contribution in [0.1, 0.15) is 29.1 Å². The van der Waals surface area contributed by atoms with Gasteiger partial charge in [0.25, 0.3) is 6.71 Å². The van der Waals surface area contributed by atoms with Gasteiger partial charge in [-0.3, -0.25) is 0 Å². The molecule has 1 spiro atoms. The molecule has 4 aliphatic rings. The van der Waals surface area contributed by atoms with Gasteiger partial charge in [0.05, 0.1) is 34.7 Å². The molecule has 0 N–H and O–H groups in total. The van der Waals surface area contributed by atoms with Crippen molar-refractivity contribution in [1.82, 2.24) is 4.57 Å². The number of hydrogen-bond acceptors (Lipinski definition) is 2.